The van der Waals surface area contributed by atoms with Crippen LogP contribution in [0.25, 0.3) is 0 Å². The van der Waals surface area contributed by atoms with E-state index in [2.05, 4.69) is 31.4 Å². The van der Waals surface area contributed by atoms with Gasteiger partial charge in [-0.25, -0.2) is 4.79 Å². The van der Waals surface area contributed by atoms with Gasteiger partial charge in [0.05, 0.1) is 0 Å². The number of hydrogen-bond donors (Lipinski definition) is 2. The molecule has 0 aliphatic carbocycles. The summed E-state index contributed by atoms with van der Waals surface area (Å²) >= 11 is 0. The quantitative estimate of drug-likeness (QED) is 0.627. The van der Waals surface area contributed by atoms with Crippen molar-refractivity contribution in [1.82, 2.24) is 10.2 Å². The molecule has 2 N–H and O–H groups in total. The summed E-state index contributed by atoms with van der Waals surface area (Å²) in [6.45, 7) is 14.8. The topological polar surface area (TPSA) is 64.7 Å². The van der Waals surface area contributed by atoms with E-state index >= 15 is 0 Å². The van der Waals surface area contributed by atoms with E-state index in [1.807, 2.05) is 69.8 Å². The molecule has 0 unspecified atom stereocenters. The molecule has 1 rings (SSSR count). The van der Waals surface area contributed by atoms with Gasteiger partial charge in [0.15, 0.2) is 0 Å². The highest BCUT2D eigenvalue weighted by molar-refractivity contribution is 5.91. The fourth-order valence-corrected chi connectivity index (χ4v) is 3.08. The molecule has 6 nitrogen and oxygen atoms in total. The van der Waals surface area contributed by atoms with Gasteiger partial charge >= 0.3 is 6.03 Å². The Balaban J connectivity index is 3.22. The molecule has 0 bridgehead atoms. The summed E-state index contributed by atoms with van der Waals surface area (Å²) in [6.07, 6.45) is 0.484. The van der Waals surface area contributed by atoms with Crippen molar-refractivity contribution in [2.45, 2.75) is 73.5 Å². The van der Waals surface area contributed by atoms with Gasteiger partial charge in [0, 0.05) is 50.5 Å². The zero-order chi connectivity index (χ0) is 22.3. The van der Waals surface area contributed by atoms with E-state index in [-0.39, 0.29) is 24.0 Å². The standard InChI is InChI=1S/C23H40N4O2/c1-15(2)12-22(28)25-20-10-11-21(26(8)9)19(13-20)14-27(18(7)16(3)4)23(29)24-17(5)6/h10-11,13,15-18H,12,14H2,1-9H3,(H,24,29)(H,25,28)/t18-/m1/s1. The second-order valence-electron chi connectivity index (χ2n) is 9.10. The van der Waals surface area contributed by atoms with Gasteiger partial charge in [-0.3, -0.25) is 4.79 Å². The number of nitrogens with one attached hydrogen (secondary N) is 2. The monoisotopic (exact) mass is 404 g/mol. The number of rotatable bonds is 9. The lowest BCUT2D eigenvalue weighted by atomic mass is 10.0. The molecule has 0 spiro atoms. The maximum atomic E-state index is 12.9. The lowest BCUT2D eigenvalue weighted by Crippen LogP contribution is -2.48. The summed E-state index contributed by atoms with van der Waals surface area (Å²) in [5.41, 5.74) is 2.80. The number of hydrogen-bond acceptors (Lipinski definition) is 3. The van der Waals surface area contributed by atoms with Gasteiger partial charge in [0.1, 0.15) is 0 Å². The molecule has 6 heteroatoms. The Labute approximate surface area is 177 Å². The Bertz CT molecular complexity index is 683. The molecular formula is C23H40N4O2. The SMILES string of the molecule is CC(C)CC(=O)Nc1ccc(N(C)C)c(CN(C(=O)NC(C)C)[C@H](C)C(C)C)c1. The van der Waals surface area contributed by atoms with Crippen LogP contribution in [0, 0.1) is 11.8 Å². The maximum absolute atomic E-state index is 12.9. The first-order valence-corrected chi connectivity index (χ1v) is 10.6. The second-order valence-corrected chi connectivity index (χ2v) is 9.10. The smallest absolute Gasteiger partial charge is 0.318 e. The van der Waals surface area contributed by atoms with E-state index in [0.717, 1.165) is 16.9 Å². The Morgan fingerprint density at radius 3 is 2.10 bits per heavy atom. The third-order valence-electron chi connectivity index (χ3n) is 4.91. The van der Waals surface area contributed by atoms with E-state index in [9.17, 15) is 9.59 Å². The molecule has 1 aromatic rings. The van der Waals surface area contributed by atoms with Gasteiger partial charge in [-0.15, -0.1) is 0 Å². The molecule has 1 aromatic carbocycles. The summed E-state index contributed by atoms with van der Waals surface area (Å²) < 4.78 is 0. The molecule has 0 radical (unpaired) electrons. The van der Waals surface area contributed by atoms with Crippen molar-refractivity contribution in [3.05, 3.63) is 23.8 Å². The first-order chi connectivity index (χ1) is 13.4. The largest absolute Gasteiger partial charge is 0.377 e. The molecule has 0 saturated heterocycles. The van der Waals surface area contributed by atoms with Gasteiger partial charge in [-0.2, -0.15) is 0 Å². The van der Waals surface area contributed by atoms with Gasteiger partial charge < -0.3 is 20.4 Å². The third-order valence-corrected chi connectivity index (χ3v) is 4.91. The van der Waals surface area contributed by atoms with Crippen molar-refractivity contribution in [2.75, 3.05) is 24.3 Å². The fraction of sp³-hybridized carbons (Fsp3) is 0.652. The van der Waals surface area contributed by atoms with Crippen LogP contribution in [0.5, 0.6) is 0 Å². The molecule has 0 heterocycles. The maximum Gasteiger partial charge on any atom is 0.318 e. The summed E-state index contributed by atoms with van der Waals surface area (Å²) in [4.78, 5) is 29.0. The first-order valence-electron chi connectivity index (χ1n) is 10.6. The molecular weight excluding hydrogens is 364 g/mol. The van der Waals surface area contributed by atoms with Crippen LogP contribution in [0.15, 0.2) is 18.2 Å². The molecule has 0 aromatic heterocycles. The second kappa shape index (κ2) is 11.1. The summed E-state index contributed by atoms with van der Waals surface area (Å²) in [6, 6.07) is 5.97. The predicted octanol–water partition coefficient (Wildman–Crippen LogP) is 4.70. The van der Waals surface area contributed by atoms with Crippen LogP contribution >= 0.6 is 0 Å². The minimum absolute atomic E-state index is 0.00788. The number of amides is 3. The minimum atomic E-state index is -0.0693. The van der Waals surface area contributed by atoms with E-state index in [1.54, 1.807) is 0 Å². The molecule has 0 saturated carbocycles. The normalized spacial score (nSPS) is 12.3. The fourth-order valence-electron chi connectivity index (χ4n) is 3.08. The van der Waals surface area contributed by atoms with Gasteiger partial charge in [-0.1, -0.05) is 27.7 Å². The molecule has 0 aliphatic heterocycles. The number of urea groups is 1. The predicted molar refractivity (Wildman–Crippen MR) is 122 cm³/mol. The highest BCUT2D eigenvalue weighted by Gasteiger charge is 2.24. The molecule has 1 atom stereocenters. The Morgan fingerprint density at radius 1 is 1.00 bits per heavy atom. The summed E-state index contributed by atoms with van der Waals surface area (Å²) in [5.74, 6) is 0.635. The van der Waals surface area contributed by atoms with Crippen LogP contribution in [0.2, 0.25) is 0 Å². The zero-order valence-electron chi connectivity index (χ0n) is 19.7. The van der Waals surface area contributed by atoms with Crippen LogP contribution in [0.3, 0.4) is 0 Å². The lowest BCUT2D eigenvalue weighted by molar-refractivity contribution is -0.116. The number of carbonyl (C=O) groups is 2. The lowest BCUT2D eigenvalue weighted by Gasteiger charge is -2.34. The highest BCUT2D eigenvalue weighted by Crippen LogP contribution is 2.26. The van der Waals surface area contributed by atoms with Gasteiger partial charge in [0.2, 0.25) is 5.91 Å². The van der Waals surface area contributed by atoms with E-state index in [1.165, 1.54) is 0 Å². The van der Waals surface area contributed by atoms with Crippen LogP contribution in [0.4, 0.5) is 16.2 Å². The molecule has 164 valence electrons. The van der Waals surface area contributed by atoms with Crippen LogP contribution in [-0.4, -0.2) is 43.0 Å². The Kier molecular flexibility index (Phi) is 9.47. The average Bonchev–Trinajstić information content (AvgIpc) is 2.57. The molecule has 0 aliphatic rings. The van der Waals surface area contributed by atoms with Gasteiger partial charge in [-0.05, 0) is 56.4 Å². The number of anilines is 2. The van der Waals surface area contributed by atoms with Crippen LogP contribution < -0.4 is 15.5 Å². The average molecular weight is 405 g/mol. The number of carbonyl (C=O) groups excluding carboxylic acids is 2. The highest BCUT2D eigenvalue weighted by atomic mass is 16.2. The Morgan fingerprint density at radius 2 is 1.62 bits per heavy atom. The van der Waals surface area contributed by atoms with E-state index in [0.29, 0.717) is 24.8 Å². The minimum Gasteiger partial charge on any atom is -0.377 e. The van der Waals surface area contributed by atoms with Crippen molar-refractivity contribution in [3.8, 4) is 0 Å². The van der Waals surface area contributed by atoms with E-state index in [4.69, 9.17) is 0 Å². The van der Waals surface area contributed by atoms with Crippen molar-refractivity contribution in [1.29, 1.82) is 0 Å². The van der Waals surface area contributed by atoms with Crippen molar-refractivity contribution < 1.29 is 9.59 Å². The molecule has 29 heavy (non-hydrogen) atoms. The molecule has 0 fully saturated rings. The van der Waals surface area contributed by atoms with Crippen molar-refractivity contribution in [3.63, 3.8) is 0 Å². The number of nitrogens with zero attached hydrogens (tertiary/aromatic N) is 2. The van der Waals surface area contributed by atoms with Crippen molar-refractivity contribution in [2.24, 2.45) is 11.8 Å². The third kappa shape index (κ3) is 7.95. The summed E-state index contributed by atoms with van der Waals surface area (Å²) in [7, 11) is 3.97. The van der Waals surface area contributed by atoms with Crippen LogP contribution in [-0.2, 0) is 11.3 Å². The van der Waals surface area contributed by atoms with Gasteiger partial charge in [0.25, 0.3) is 0 Å². The van der Waals surface area contributed by atoms with Crippen LogP contribution in [0.1, 0.15) is 60.5 Å². The number of benzene rings is 1. The Hall–Kier alpha value is -2.24. The van der Waals surface area contributed by atoms with Crippen molar-refractivity contribution >= 4 is 23.3 Å². The zero-order valence-corrected chi connectivity index (χ0v) is 19.7. The summed E-state index contributed by atoms with van der Waals surface area (Å²) in [5, 5.41) is 6.01. The first kappa shape index (κ1) is 24.8. The molecule has 3 amide bonds. The van der Waals surface area contributed by atoms with E-state index < -0.39 is 0 Å².